The fourth-order valence-corrected chi connectivity index (χ4v) is 6.33. The second-order valence-electron chi connectivity index (χ2n) is 13.4. The number of amides is 5. The molecule has 4 aromatic carbocycles. The summed E-state index contributed by atoms with van der Waals surface area (Å²) in [6.07, 6.45) is 0.247. The minimum Gasteiger partial charge on any atom is -0.459 e. The Morgan fingerprint density at radius 3 is 1.80 bits per heavy atom. The number of esters is 1. The molecular weight excluding hydrogens is 718 g/mol. The predicted molar refractivity (Wildman–Crippen MR) is 203 cm³/mol. The summed E-state index contributed by atoms with van der Waals surface area (Å²) in [5, 5.41) is 12.5. The van der Waals surface area contributed by atoms with Crippen molar-refractivity contribution in [2.75, 3.05) is 33.0 Å². The van der Waals surface area contributed by atoms with E-state index in [1.54, 1.807) is 24.3 Å². The van der Waals surface area contributed by atoms with E-state index in [1.165, 1.54) is 0 Å². The van der Waals surface area contributed by atoms with Crippen molar-refractivity contribution >= 4 is 35.7 Å². The van der Waals surface area contributed by atoms with Gasteiger partial charge in [0.25, 0.3) is 0 Å². The lowest BCUT2D eigenvalue weighted by molar-refractivity contribution is -0.163. The summed E-state index contributed by atoms with van der Waals surface area (Å²) in [5.74, 6) is -3.17. The van der Waals surface area contributed by atoms with Crippen molar-refractivity contribution in [2.45, 2.75) is 43.4 Å². The van der Waals surface area contributed by atoms with Gasteiger partial charge in [0.05, 0.1) is 13.1 Å². The number of benzene rings is 4. The Hall–Kier alpha value is -6.54. The van der Waals surface area contributed by atoms with Crippen LogP contribution in [-0.2, 0) is 51.2 Å². The van der Waals surface area contributed by atoms with Gasteiger partial charge in [-0.3, -0.25) is 19.2 Å². The van der Waals surface area contributed by atoms with Crippen LogP contribution in [0.1, 0.15) is 41.0 Å². The molecule has 0 heterocycles. The van der Waals surface area contributed by atoms with Gasteiger partial charge in [0.1, 0.15) is 32.5 Å². The molecule has 0 radical (unpaired) electrons. The van der Waals surface area contributed by atoms with Gasteiger partial charge in [0.2, 0.25) is 23.6 Å². The zero-order valence-electron chi connectivity index (χ0n) is 30.6. The first-order valence-electron chi connectivity index (χ1n) is 18.3. The van der Waals surface area contributed by atoms with Gasteiger partial charge in [0, 0.05) is 12.3 Å². The van der Waals surface area contributed by atoms with Gasteiger partial charge in [0.15, 0.2) is 5.60 Å². The number of ether oxygens (including phenoxy) is 3. The van der Waals surface area contributed by atoms with Crippen LogP contribution in [0, 0.1) is 0 Å². The van der Waals surface area contributed by atoms with Crippen LogP contribution in [0.3, 0.4) is 0 Å². The van der Waals surface area contributed by atoms with Crippen molar-refractivity contribution in [1.82, 2.24) is 26.6 Å². The highest BCUT2D eigenvalue weighted by Crippen LogP contribution is 2.44. The van der Waals surface area contributed by atoms with Gasteiger partial charge in [-0.2, -0.15) is 0 Å². The van der Waals surface area contributed by atoms with Crippen LogP contribution in [-0.4, -0.2) is 80.3 Å². The molecule has 0 spiro atoms. The van der Waals surface area contributed by atoms with E-state index in [4.69, 9.17) is 14.2 Å². The molecule has 2 aliphatic carbocycles. The fraction of sp³-hybridized carbons (Fsp3) is 0.286. The standard InChI is InChI=1S/C42H43N5O9/c48-36(23-45-41(53)55-26-34-32-17-9-7-15-30(32)31-16-8-10-18-33(31)34)43-24-38(50)47-35(21-28-11-3-1-4-12-28)39(51)44-22-37(49)46-27-56-42(19-20-42)40(52)54-25-29-13-5-2-6-14-29/h1-18,34-35H,19-27H2,(H,43,48)(H,44,51)(H,45,53)(H,46,49)(H,47,50). The Labute approximate surface area is 323 Å². The SMILES string of the molecule is O=C(CNC(=O)OCC1c2ccccc2-c2ccccc21)NCC(=O)NC(Cc1ccccc1)C(=O)NCC(=O)NCOC1(C(=O)OCc2ccccc2)CC1. The molecule has 1 unspecified atom stereocenters. The highest BCUT2D eigenvalue weighted by Gasteiger charge is 2.53. The largest absolute Gasteiger partial charge is 0.459 e. The summed E-state index contributed by atoms with van der Waals surface area (Å²) >= 11 is 0. The molecule has 6 rings (SSSR count). The monoisotopic (exact) mass is 761 g/mol. The molecule has 5 amide bonds. The average Bonchev–Trinajstić information content (AvgIpc) is 3.95. The van der Waals surface area contributed by atoms with Crippen molar-refractivity contribution in [3.8, 4) is 11.1 Å². The summed E-state index contributed by atoms with van der Waals surface area (Å²) in [4.78, 5) is 76.1. The number of nitrogens with one attached hydrogen (secondary N) is 5. The fourth-order valence-electron chi connectivity index (χ4n) is 6.33. The van der Waals surface area contributed by atoms with Gasteiger partial charge >= 0.3 is 12.1 Å². The number of hydrogen-bond acceptors (Lipinski definition) is 9. The number of carbonyl (C=O) groups is 6. The lowest BCUT2D eigenvalue weighted by Crippen LogP contribution is -2.52. The summed E-state index contributed by atoms with van der Waals surface area (Å²) in [7, 11) is 0. The second-order valence-corrected chi connectivity index (χ2v) is 13.4. The maximum absolute atomic E-state index is 13.2. The molecule has 2 aliphatic rings. The van der Waals surface area contributed by atoms with E-state index in [0.29, 0.717) is 12.8 Å². The molecule has 0 aromatic heterocycles. The molecule has 14 nitrogen and oxygen atoms in total. The summed E-state index contributed by atoms with van der Waals surface area (Å²) in [5.41, 5.74) is 4.77. The first-order chi connectivity index (χ1) is 27.2. The zero-order chi connectivity index (χ0) is 39.3. The molecule has 4 aromatic rings. The molecule has 56 heavy (non-hydrogen) atoms. The van der Waals surface area contributed by atoms with Gasteiger partial charge < -0.3 is 40.8 Å². The van der Waals surface area contributed by atoms with Crippen molar-refractivity contribution in [3.05, 3.63) is 131 Å². The van der Waals surface area contributed by atoms with Gasteiger partial charge in [-0.15, -0.1) is 0 Å². The summed E-state index contributed by atoms with van der Waals surface area (Å²) < 4.78 is 16.5. The molecule has 0 bridgehead atoms. The first kappa shape index (κ1) is 39.2. The summed E-state index contributed by atoms with van der Waals surface area (Å²) in [6.45, 7) is -1.42. The van der Waals surface area contributed by atoms with E-state index >= 15 is 0 Å². The zero-order valence-corrected chi connectivity index (χ0v) is 30.6. The van der Waals surface area contributed by atoms with E-state index in [2.05, 4.69) is 26.6 Å². The van der Waals surface area contributed by atoms with E-state index in [-0.39, 0.29) is 32.3 Å². The number of carbonyl (C=O) groups excluding carboxylic acids is 6. The quantitative estimate of drug-likeness (QED) is 0.0750. The van der Waals surface area contributed by atoms with Crippen LogP contribution in [0.5, 0.6) is 0 Å². The van der Waals surface area contributed by atoms with E-state index in [9.17, 15) is 28.8 Å². The molecule has 5 N–H and O–H groups in total. The lowest BCUT2D eigenvalue weighted by Gasteiger charge is -2.19. The normalized spacial score (nSPS) is 13.9. The third-order valence-corrected chi connectivity index (χ3v) is 9.45. The number of alkyl carbamates (subject to hydrolysis) is 1. The molecular formula is C42H43N5O9. The molecule has 290 valence electrons. The van der Waals surface area contributed by atoms with Crippen molar-refractivity contribution in [1.29, 1.82) is 0 Å². The Balaban J connectivity index is 0.903. The maximum Gasteiger partial charge on any atom is 0.407 e. The van der Waals surface area contributed by atoms with E-state index < -0.39 is 67.0 Å². The molecule has 1 saturated carbocycles. The Kier molecular flexibility index (Phi) is 13.1. The first-order valence-corrected chi connectivity index (χ1v) is 18.3. The Morgan fingerprint density at radius 1 is 0.607 bits per heavy atom. The Bertz CT molecular complexity index is 1990. The van der Waals surface area contributed by atoms with Crippen LogP contribution < -0.4 is 26.6 Å². The van der Waals surface area contributed by atoms with Crippen LogP contribution in [0.2, 0.25) is 0 Å². The van der Waals surface area contributed by atoms with Crippen LogP contribution in [0.15, 0.2) is 109 Å². The smallest absolute Gasteiger partial charge is 0.407 e. The maximum atomic E-state index is 13.2. The summed E-state index contributed by atoms with van der Waals surface area (Å²) in [6, 6.07) is 33.0. The number of rotatable bonds is 18. The molecule has 14 heteroatoms. The average molecular weight is 762 g/mol. The van der Waals surface area contributed by atoms with E-state index in [1.807, 2.05) is 84.9 Å². The van der Waals surface area contributed by atoms with Crippen molar-refractivity contribution in [2.24, 2.45) is 0 Å². The molecule has 0 aliphatic heterocycles. The minimum absolute atomic E-state index is 0.0803. The second kappa shape index (κ2) is 18.7. The highest BCUT2D eigenvalue weighted by molar-refractivity contribution is 5.92. The van der Waals surface area contributed by atoms with Crippen molar-refractivity contribution < 1.29 is 43.0 Å². The highest BCUT2D eigenvalue weighted by atomic mass is 16.6. The predicted octanol–water partition coefficient (Wildman–Crippen LogP) is 2.85. The molecule has 1 atom stereocenters. The third kappa shape index (κ3) is 10.6. The van der Waals surface area contributed by atoms with Crippen LogP contribution >= 0.6 is 0 Å². The van der Waals surface area contributed by atoms with Gasteiger partial charge in [-0.05, 0) is 46.2 Å². The van der Waals surface area contributed by atoms with E-state index in [0.717, 1.165) is 33.4 Å². The number of fused-ring (bicyclic) bond motifs is 3. The van der Waals surface area contributed by atoms with Crippen molar-refractivity contribution in [3.63, 3.8) is 0 Å². The number of hydrogen-bond donors (Lipinski definition) is 5. The third-order valence-electron chi connectivity index (χ3n) is 9.45. The topological polar surface area (TPSA) is 190 Å². The van der Waals surface area contributed by atoms with Gasteiger partial charge in [-0.1, -0.05) is 109 Å². The lowest BCUT2D eigenvalue weighted by atomic mass is 9.98. The van der Waals surface area contributed by atoms with Crippen LogP contribution in [0.25, 0.3) is 11.1 Å². The Morgan fingerprint density at radius 2 is 1.16 bits per heavy atom. The van der Waals surface area contributed by atoms with Gasteiger partial charge in [-0.25, -0.2) is 9.59 Å². The van der Waals surface area contributed by atoms with Crippen LogP contribution in [0.4, 0.5) is 4.79 Å². The minimum atomic E-state index is -1.11. The molecule has 0 saturated heterocycles. The molecule has 1 fully saturated rings.